The van der Waals surface area contributed by atoms with E-state index in [0.29, 0.717) is 11.1 Å². The Balaban J connectivity index is 1.93. The van der Waals surface area contributed by atoms with Crippen molar-refractivity contribution < 1.29 is 19.4 Å². The molecule has 3 rings (SSSR count). The molecule has 2 heterocycles. The first-order valence-electron chi connectivity index (χ1n) is 9.75. The molecule has 0 aliphatic heterocycles. The summed E-state index contributed by atoms with van der Waals surface area (Å²) in [6.07, 6.45) is 0.849. The van der Waals surface area contributed by atoms with E-state index < -0.39 is 6.09 Å². The van der Waals surface area contributed by atoms with Crippen molar-refractivity contribution in [3.8, 4) is 5.88 Å². The van der Waals surface area contributed by atoms with Crippen LogP contribution in [0, 0.1) is 13.8 Å². The van der Waals surface area contributed by atoms with E-state index in [1.165, 1.54) is 7.11 Å². The third-order valence-corrected chi connectivity index (χ3v) is 5.51. The molecule has 164 valence electrons. The number of pyridine rings is 1. The van der Waals surface area contributed by atoms with Crippen molar-refractivity contribution in [2.75, 3.05) is 12.4 Å². The lowest BCUT2D eigenvalue weighted by atomic mass is 10.1. The minimum absolute atomic E-state index is 0.163. The van der Waals surface area contributed by atoms with Crippen LogP contribution in [0.4, 0.5) is 10.6 Å². The number of ether oxygens (including phenoxy) is 1. The summed E-state index contributed by atoms with van der Waals surface area (Å²) in [5, 5.41) is 15.0. The van der Waals surface area contributed by atoms with Crippen LogP contribution in [0.2, 0.25) is 0 Å². The van der Waals surface area contributed by atoms with Gasteiger partial charge in [0.25, 0.3) is 5.91 Å². The molecule has 3 aromatic rings. The Bertz CT molecular complexity index is 1170. The summed E-state index contributed by atoms with van der Waals surface area (Å²) in [4.78, 5) is 28.2. The van der Waals surface area contributed by atoms with Gasteiger partial charge in [-0.25, -0.2) is 4.79 Å². The number of carboxylic acid groups (broad SMARTS) is 1. The van der Waals surface area contributed by atoms with Gasteiger partial charge in [-0.3, -0.25) is 10.1 Å². The normalized spacial score (nSPS) is 11.1. The number of methoxy groups -OCH3 is 1. The summed E-state index contributed by atoms with van der Waals surface area (Å²) in [5.74, 6) is 0.201. The smallest absolute Gasteiger partial charge is 0.410 e. The summed E-state index contributed by atoms with van der Waals surface area (Å²) in [7, 11) is 1.45. The fourth-order valence-corrected chi connectivity index (χ4v) is 4.10. The van der Waals surface area contributed by atoms with Gasteiger partial charge in [0.15, 0.2) is 0 Å². The Hall–Kier alpha value is -3.07. The van der Waals surface area contributed by atoms with Gasteiger partial charge in [-0.15, -0.1) is 0 Å². The standard InChI is InChI=1S/C22H25BrN4O4/c1-11(2)27-10-13(4)19-15(7-14(23)8-17(19)27)20(28)24-9-16-12(3)6-18(26-22(29)30)25-21(16)31-5/h6-8,10-11H,9H2,1-5H3,(H,24,28)(H,25,26)(H,29,30). The molecule has 0 fully saturated rings. The first-order chi connectivity index (χ1) is 14.6. The average molecular weight is 489 g/mol. The number of hydrogen-bond donors (Lipinski definition) is 3. The molecule has 31 heavy (non-hydrogen) atoms. The number of fused-ring (bicyclic) bond motifs is 1. The summed E-state index contributed by atoms with van der Waals surface area (Å²) in [6.45, 7) is 8.20. The largest absolute Gasteiger partial charge is 0.481 e. The van der Waals surface area contributed by atoms with E-state index in [4.69, 9.17) is 9.84 Å². The Morgan fingerprint density at radius 3 is 2.55 bits per heavy atom. The van der Waals surface area contributed by atoms with E-state index in [9.17, 15) is 9.59 Å². The number of nitrogens with zero attached hydrogens (tertiary/aromatic N) is 2. The van der Waals surface area contributed by atoms with Gasteiger partial charge in [0.2, 0.25) is 5.88 Å². The van der Waals surface area contributed by atoms with Crippen molar-refractivity contribution in [3.05, 3.63) is 51.1 Å². The molecule has 1 aromatic carbocycles. The van der Waals surface area contributed by atoms with Crippen LogP contribution < -0.4 is 15.4 Å². The number of benzene rings is 1. The number of carbonyl (C=O) groups excluding carboxylic acids is 1. The van der Waals surface area contributed by atoms with Crippen molar-refractivity contribution in [1.82, 2.24) is 14.9 Å². The number of halogens is 1. The zero-order chi connectivity index (χ0) is 22.9. The van der Waals surface area contributed by atoms with Crippen LogP contribution in [0.15, 0.2) is 28.9 Å². The second-order valence-corrected chi connectivity index (χ2v) is 8.50. The monoisotopic (exact) mass is 488 g/mol. The van der Waals surface area contributed by atoms with Gasteiger partial charge in [-0.2, -0.15) is 4.98 Å². The third kappa shape index (κ3) is 4.66. The number of nitrogens with one attached hydrogen (secondary N) is 2. The Labute approximate surface area is 188 Å². The highest BCUT2D eigenvalue weighted by Gasteiger charge is 2.19. The minimum Gasteiger partial charge on any atom is -0.481 e. The molecule has 3 N–H and O–H groups in total. The lowest BCUT2D eigenvalue weighted by Gasteiger charge is -2.15. The van der Waals surface area contributed by atoms with Crippen LogP contribution in [-0.4, -0.2) is 33.8 Å². The first-order valence-corrected chi connectivity index (χ1v) is 10.5. The SMILES string of the molecule is COc1nc(NC(=O)O)cc(C)c1CNC(=O)c1cc(Br)cc2c1c(C)cn2C(C)C. The van der Waals surface area contributed by atoms with Crippen LogP contribution in [-0.2, 0) is 6.54 Å². The van der Waals surface area contributed by atoms with Crippen LogP contribution >= 0.6 is 15.9 Å². The number of anilines is 1. The maximum Gasteiger partial charge on any atom is 0.410 e. The zero-order valence-corrected chi connectivity index (χ0v) is 19.6. The van der Waals surface area contributed by atoms with Gasteiger partial charge in [0.05, 0.1) is 18.2 Å². The Morgan fingerprint density at radius 1 is 1.23 bits per heavy atom. The van der Waals surface area contributed by atoms with Crippen LogP contribution in [0.5, 0.6) is 5.88 Å². The van der Waals surface area contributed by atoms with Gasteiger partial charge in [0, 0.05) is 34.2 Å². The van der Waals surface area contributed by atoms with Crippen molar-refractivity contribution in [2.45, 2.75) is 40.3 Å². The fraction of sp³-hybridized carbons (Fsp3) is 0.318. The predicted molar refractivity (Wildman–Crippen MR) is 123 cm³/mol. The second kappa shape index (κ2) is 8.97. The van der Waals surface area contributed by atoms with Crippen molar-refractivity contribution >= 4 is 44.7 Å². The van der Waals surface area contributed by atoms with E-state index >= 15 is 0 Å². The molecule has 0 aliphatic rings. The summed E-state index contributed by atoms with van der Waals surface area (Å²) < 4.78 is 8.29. The van der Waals surface area contributed by atoms with Crippen LogP contribution in [0.25, 0.3) is 10.9 Å². The Kier molecular flexibility index (Phi) is 6.54. The molecule has 0 saturated carbocycles. The maximum atomic E-state index is 13.1. The third-order valence-electron chi connectivity index (χ3n) is 5.05. The van der Waals surface area contributed by atoms with E-state index in [-0.39, 0.29) is 30.2 Å². The van der Waals surface area contributed by atoms with Gasteiger partial charge in [-0.1, -0.05) is 15.9 Å². The number of carbonyl (C=O) groups is 2. The number of aryl methyl sites for hydroxylation is 2. The Morgan fingerprint density at radius 2 is 1.94 bits per heavy atom. The molecule has 8 nitrogen and oxygen atoms in total. The van der Waals surface area contributed by atoms with E-state index in [1.54, 1.807) is 6.07 Å². The highest BCUT2D eigenvalue weighted by molar-refractivity contribution is 9.10. The van der Waals surface area contributed by atoms with Crippen molar-refractivity contribution in [1.29, 1.82) is 0 Å². The molecular weight excluding hydrogens is 464 g/mol. The van der Waals surface area contributed by atoms with Crippen LogP contribution in [0.3, 0.4) is 0 Å². The number of aromatic nitrogens is 2. The molecule has 9 heteroatoms. The lowest BCUT2D eigenvalue weighted by Crippen LogP contribution is -2.24. The molecule has 2 amide bonds. The molecule has 0 aliphatic carbocycles. The van der Waals surface area contributed by atoms with Crippen LogP contribution in [0.1, 0.15) is 46.9 Å². The quantitative estimate of drug-likeness (QED) is 0.451. The molecule has 0 spiro atoms. The molecule has 0 unspecified atom stereocenters. The lowest BCUT2D eigenvalue weighted by molar-refractivity contribution is 0.0952. The summed E-state index contributed by atoms with van der Waals surface area (Å²) in [6, 6.07) is 5.70. The number of rotatable bonds is 6. The zero-order valence-electron chi connectivity index (χ0n) is 18.0. The molecule has 0 bridgehead atoms. The predicted octanol–water partition coefficient (Wildman–Crippen LogP) is 5.03. The van der Waals surface area contributed by atoms with Gasteiger partial charge < -0.3 is 19.7 Å². The molecule has 2 aromatic heterocycles. The highest BCUT2D eigenvalue weighted by Crippen LogP contribution is 2.31. The van der Waals surface area contributed by atoms with Gasteiger partial charge >= 0.3 is 6.09 Å². The van der Waals surface area contributed by atoms with Gasteiger partial charge in [-0.05, 0) is 57.0 Å². The highest BCUT2D eigenvalue weighted by atomic mass is 79.9. The van der Waals surface area contributed by atoms with E-state index in [2.05, 4.69) is 56.2 Å². The number of hydrogen-bond acceptors (Lipinski definition) is 4. The fourth-order valence-electron chi connectivity index (χ4n) is 3.65. The van der Waals surface area contributed by atoms with E-state index in [1.807, 2.05) is 26.0 Å². The topological polar surface area (TPSA) is 105 Å². The summed E-state index contributed by atoms with van der Waals surface area (Å²) >= 11 is 3.52. The van der Waals surface area contributed by atoms with Crippen molar-refractivity contribution in [3.63, 3.8) is 0 Å². The van der Waals surface area contributed by atoms with Crippen molar-refractivity contribution in [2.24, 2.45) is 0 Å². The molecule has 0 atom stereocenters. The average Bonchev–Trinajstić information content (AvgIpc) is 3.02. The summed E-state index contributed by atoms with van der Waals surface area (Å²) in [5.41, 5.74) is 4.02. The molecular formula is C22H25BrN4O4. The molecule has 0 radical (unpaired) electrons. The molecule has 0 saturated heterocycles. The second-order valence-electron chi connectivity index (χ2n) is 7.59. The number of amides is 2. The van der Waals surface area contributed by atoms with Gasteiger partial charge in [0.1, 0.15) is 5.82 Å². The maximum absolute atomic E-state index is 13.1. The van der Waals surface area contributed by atoms with E-state index in [0.717, 1.165) is 26.5 Å². The first kappa shape index (κ1) is 22.6. The minimum atomic E-state index is -1.21.